The Bertz CT molecular complexity index is 391. The van der Waals surface area contributed by atoms with Crippen LogP contribution in [0.4, 0.5) is 0 Å². The molecule has 2 rings (SSSR count). The molecule has 19 heavy (non-hydrogen) atoms. The van der Waals surface area contributed by atoms with Crippen LogP contribution in [0.25, 0.3) is 0 Å². The fourth-order valence-corrected chi connectivity index (χ4v) is 3.06. The van der Waals surface area contributed by atoms with Crippen LogP contribution in [-0.4, -0.2) is 25.3 Å². The van der Waals surface area contributed by atoms with Gasteiger partial charge in [-0.3, -0.25) is 0 Å². The van der Waals surface area contributed by atoms with Gasteiger partial charge in [-0.1, -0.05) is 31.2 Å². The fourth-order valence-electron chi connectivity index (χ4n) is 3.06. The third-order valence-electron chi connectivity index (χ3n) is 4.14. The van der Waals surface area contributed by atoms with E-state index in [-0.39, 0.29) is 0 Å². The van der Waals surface area contributed by atoms with E-state index in [4.69, 9.17) is 4.74 Å². The van der Waals surface area contributed by atoms with Gasteiger partial charge in [-0.15, -0.1) is 0 Å². The van der Waals surface area contributed by atoms with Crippen LogP contribution < -0.4 is 5.32 Å². The van der Waals surface area contributed by atoms with Crippen LogP contribution in [0, 0.1) is 6.92 Å². The van der Waals surface area contributed by atoms with Crippen LogP contribution in [-0.2, 0) is 4.74 Å². The minimum atomic E-state index is 0.443. The standard InChI is InChI=1S/C17H27NO/c1-4-18-12-15(11-16-10-9-14(3)19-16)17-8-6-5-7-13(17)2/h5-8,14-16,18H,4,9-12H2,1-3H3. The molecule has 1 aromatic carbocycles. The maximum atomic E-state index is 6.01. The van der Waals surface area contributed by atoms with Gasteiger partial charge in [0.15, 0.2) is 0 Å². The summed E-state index contributed by atoms with van der Waals surface area (Å²) in [7, 11) is 0. The monoisotopic (exact) mass is 261 g/mol. The molecule has 0 spiro atoms. The number of hydrogen-bond donors (Lipinski definition) is 1. The zero-order valence-electron chi connectivity index (χ0n) is 12.5. The number of rotatable bonds is 6. The van der Waals surface area contributed by atoms with Gasteiger partial charge in [0, 0.05) is 6.54 Å². The molecule has 1 saturated heterocycles. The van der Waals surface area contributed by atoms with Crippen molar-refractivity contribution in [2.75, 3.05) is 13.1 Å². The summed E-state index contributed by atoms with van der Waals surface area (Å²) in [6.45, 7) is 8.66. The Hall–Kier alpha value is -0.860. The molecule has 1 aliphatic heterocycles. The van der Waals surface area contributed by atoms with Gasteiger partial charge in [-0.2, -0.15) is 0 Å². The average molecular weight is 261 g/mol. The molecule has 1 fully saturated rings. The molecule has 0 bridgehead atoms. The summed E-state index contributed by atoms with van der Waals surface area (Å²) >= 11 is 0. The van der Waals surface area contributed by atoms with Crippen molar-refractivity contribution in [2.24, 2.45) is 0 Å². The number of aryl methyl sites for hydroxylation is 1. The summed E-state index contributed by atoms with van der Waals surface area (Å²) < 4.78 is 6.01. The summed E-state index contributed by atoms with van der Waals surface area (Å²) in [5, 5.41) is 3.50. The first kappa shape index (κ1) is 14.5. The SMILES string of the molecule is CCNCC(CC1CCC(C)O1)c1ccccc1C. The maximum Gasteiger partial charge on any atom is 0.0586 e. The molecule has 1 N–H and O–H groups in total. The number of likely N-dealkylation sites (N-methyl/N-ethyl adjacent to an activating group) is 1. The van der Waals surface area contributed by atoms with E-state index in [0.29, 0.717) is 18.1 Å². The summed E-state index contributed by atoms with van der Waals surface area (Å²) in [6.07, 6.45) is 4.46. The zero-order valence-corrected chi connectivity index (χ0v) is 12.5. The first-order chi connectivity index (χ1) is 9.20. The van der Waals surface area contributed by atoms with Crippen LogP contribution in [0.3, 0.4) is 0 Å². The molecule has 2 heteroatoms. The predicted octanol–water partition coefficient (Wildman–Crippen LogP) is 3.65. The molecule has 1 aliphatic rings. The van der Waals surface area contributed by atoms with Crippen LogP contribution in [0.2, 0.25) is 0 Å². The Labute approximate surface area is 117 Å². The lowest BCUT2D eigenvalue weighted by Gasteiger charge is -2.23. The molecule has 0 aliphatic carbocycles. The predicted molar refractivity (Wildman–Crippen MR) is 80.6 cm³/mol. The van der Waals surface area contributed by atoms with E-state index < -0.39 is 0 Å². The average Bonchev–Trinajstić information content (AvgIpc) is 2.81. The molecule has 3 unspecified atom stereocenters. The van der Waals surface area contributed by atoms with Gasteiger partial charge in [0.2, 0.25) is 0 Å². The highest BCUT2D eigenvalue weighted by Gasteiger charge is 2.26. The van der Waals surface area contributed by atoms with Crippen molar-refractivity contribution >= 4 is 0 Å². The quantitative estimate of drug-likeness (QED) is 0.844. The Morgan fingerprint density at radius 3 is 2.74 bits per heavy atom. The lowest BCUT2D eigenvalue weighted by molar-refractivity contribution is 0.0466. The van der Waals surface area contributed by atoms with Crippen molar-refractivity contribution in [1.29, 1.82) is 0 Å². The van der Waals surface area contributed by atoms with Crippen molar-refractivity contribution in [1.82, 2.24) is 5.32 Å². The molecule has 0 saturated carbocycles. The molecule has 3 atom stereocenters. The van der Waals surface area contributed by atoms with E-state index >= 15 is 0 Å². The summed E-state index contributed by atoms with van der Waals surface area (Å²) in [4.78, 5) is 0. The highest BCUT2D eigenvalue weighted by atomic mass is 16.5. The highest BCUT2D eigenvalue weighted by Crippen LogP contribution is 2.30. The number of benzene rings is 1. The van der Waals surface area contributed by atoms with Crippen LogP contribution >= 0.6 is 0 Å². The summed E-state index contributed by atoms with van der Waals surface area (Å²) in [5.41, 5.74) is 2.88. The molecule has 106 valence electrons. The van der Waals surface area contributed by atoms with E-state index in [1.807, 2.05) is 0 Å². The van der Waals surface area contributed by atoms with Crippen LogP contribution in [0.15, 0.2) is 24.3 Å². The molecule has 2 nitrogen and oxygen atoms in total. The van der Waals surface area contributed by atoms with E-state index in [1.165, 1.54) is 24.0 Å². The largest absolute Gasteiger partial charge is 0.375 e. The smallest absolute Gasteiger partial charge is 0.0586 e. The molecule has 0 aromatic heterocycles. The second kappa shape index (κ2) is 7.06. The van der Waals surface area contributed by atoms with Gasteiger partial charge in [-0.25, -0.2) is 0 Å². The van der Waals surface area contributed by atoms with Crippen molar-refractivity contribution in [3.63, 3.8) is 0 Å². The lowest BCUT2D eigenvalue weighted by atomic mass is 9.89. The van der Waals surface area contributed by atoms with Gasteiger partial charge < -0.3 is 10.1 Å². The number of hydrogen-bond acceptors (Lipinski definition) is 2. The fraction of sp³-hybridized carbons (Fsp3) is 0.647. The third-order valence-corrected chi connectivity index (χ3v) is 4.14. The van der Waals surface area contributed by atoms with Gasteiger partial charge in [0.1, 0.15) is 0 Å². The number of ether oxygens (including phenoxy) is 1. The number of nitrogens with one attached hydrogen (secondary N) is 1. The minimum Gasteiger partial charge on any atom is -0.375 e. The summed E-state index contributed by atoms with van der Waals surface area (Å²) in [6, 6.07) is 8.76. The van der Waals surface area contributed by atoms with Crippen molar-refractivity contribution in [3.8, 4) is 0 Å². The van der Waals surface area contributed by atoms with Gasteiger partial charge in [-0.05, 0) is 56.7 Å². The second-order valence-corrected chi connectivity index (χ2v) is 5.74. The van der Waals surface area contributed by atoms with Crippen molar-refractivity contribution in [3.05, 3.63) is 35.4 Å². The van der Waals surface area contributed by atoms with E-state index in [9.17, 15) is 0 Å². The van der Waals surface area contributed by atoms with E-state index in [2.05, 4.69) is 50.4 Å². The van der Waals surface area contributed by atoms with Crippen molar-refractivity contribution < 1.29 is 4.74 Å². The Kier molecular flexibility index (Phi) is 5.41. The van der Waals surface area contributed by atoms with Crippen molar-refractivity contribution in [2.45, 2.75) is 58.2 Å². The first-order valence-electron chi connectivity index (χ1n) is 7.62. The summed E-state index contributed by atoms with van der Waals surface area (Å²) in [5.74, 6) is 0.566. The topological polar surface area (TPSA) is 21.3 Å². The molecule has 0 amide bonds. The lowest BCUT2D eigenvalue weighted by Crippen LogP contribution is -2.25. The van der Waals surface area contributed by atoms with E-state index in [0.717, 1.165) is 19.5 Å². The molecule has 0 radical (unpaired) electrons. The first-order valence-corrected chi connectivity index (χ1v) is 7.62. The van der Waals surface area contributed by atoms with Crippen LogP contribution in [0.1, 0.15) is 50.2 Å². The highest BCUT2D eigenvalue weighted by molar-refractivity contribution is 5.29. The van der Waals surface area contributed by atoms with Crippen LogP contribution in [0.5, 0.6) is 0 Å². The van der Waals surface area contributed by atoms with Gasteiger partial charge in [0.05, 0.1) is 12.2 Å². The molecular formula is C17H27NO. The maximum absolute atomic E-state index is 6.01. The van der Waals surface area contributed by atoms with Gasteiger partial charge >= 0.3 is 0 Å². The zero-order chi connectivity index (χ0) is 13.7. The Morgan fingerprint density at radius 2 is 2.11 bits per heavy atom. The molecule has 1 heterocycles. The normalized spacial score (nSPS) is 24.6. The molecular weight excluding hydrogens is 234 g/mol. The minimum absolute atomic E-state index is 0.443. The Morgan fingerprint density at radius 1 is 1.32 bits per heavy atom. The van der Waals surface area contributed by atoms with E-state index in [1.54, 1.807) is 0 Å². The second-order valence-electron chi connectivity index (χ2n) is 5.74. The van der Waals surface area contributed by atoms with Gasteiger partial charge in [0.25, 0.3) is 0 Å². The third kappa shape index (κ3) is 4.05. The Balaban J connectivity index is 2.05. The molecule has 1 aromatic rings.